The number of aliphatic hydroxyl groups excluding tert-OH is 2. The fourth-order valence-electron chi connectivity index (χ4n) is 8.12. The first-order chi connectivity index (χ1) is 11.8. The van der Waals surface area contributed by atoms with Crippen LogP contribution in [0.3, 0.4) is 0 Å². The number of carbonyl (C=O) groups is 1. The number of carbonyl (C=O) groups excluding carboxylic acids is 1. The Bertz CT molecular complexity index is 545. The maximum atomic E-state index is 12.0. The van der Waals surface area contributed by atoms with Crippen molar-refractivity contribution in [2.45, 2.75) is 78.2 Å². The second kappa shape index (κ2) is 6.05. The number of hydrogen-bond donors (Lipinski definition) is 2. The highest BCUT2D eigenvalue weighted by Gasteiger charge is 2.62. The highest BCUT2D eigenvalue weighted by atomic mass is 16.3. The molecule has 3 nitrogen and oxygen atoms in total. The van der Waals surface area contributed by atoms with Crippen LogP contribution in [0.1, 0.15) is 72.1 Å². The molecular formula is C22H36O3. The molecule has 9 atom stereocenters. The minimum Gasteiger partial charge on any atom is -0.396 e. The fraction of sp³-hybridized carbons (Fsp3) is 0.955. The monoisotopic (exact) mass is 348 g/mol. The zero-order valence-electron chi connectivity index (χ0n) is 16.2. The molecule has 0 aromatic heterocycles. The Labute approximate surface area is 152 Å². The van der Waals surface area contributed by atoms with E-state index in [2.05, 4.69) is 20.8 Å². The zero-order valence-corrected chi connectivity index (χ0v) is 16.2. The van der Waals surface area contributed by atoms with Gasteiger partial charge in [-0.05, 0) is 84.9 Å². The van der Waals surface area contributed by atoms with Gasteiger partial charge >= 0.3 is 0 Å². The molecule has 0 unspecified atom stereocenters. The molecule has 0 heterocycles. The Balaban J connectivity index is 1.64. The number of fused-ring (bicyclic) bond motifs is 5. The van der Waals surface area contributed by atoms with Gasteiger partial charge in [-0.1, -0.05) is 20.8 Å². The van der Waals surface area contributed by atoms with Crippen LogP contribution in [0.4, 0.5) is 0 Å². The van der Waals surface area contributed by atoms with Gasteiger partial charge in [0.15, 0.2) is 0 Å². The number of aliphatic hydroxyl groups is 2. The predicted octanol–water partition coefficient (Wildman–Crippen LogP) is 3.81. The van der Waals surface area contributed by atoms with Crippen LogP contribution < -0.4 is 0 Å². The largest absolute Gasteiger partial charge is 0.396 e. The average Bonchev–Trinajstić information content (AvgIpc) is 2.93. The molecule has 0 spiro atoms. The van der Waals surface area contributed by atoms with Gasteiger partial charge in [-0.2, -0.15) is 0 Å². The van der Waals surface area contributed by atoms with Crippen molar-refractivity contribution in [2.75, 3.05) is 6.61 Å². The molecule has 4 rings (SSSR count). The lowest BCUT2D eigenvalue weighted by atomic mass is 9.44. The molecule has 0 aliphatic heterocycles. The first-order valence-corrected chi connectivity index (χ1v) is 10.6. The molecule has 4 aliphatic rings. The molecule has 25 heavy (non-hydrogen) atoms. The summed E-state index contributed by atoms with van der Waals surface area (Å²) in [6.07, 6.45) is 7.92. The molecule has 0 aromatic carbocycles. The third kappa shape index (κ3) is 2.48. The summed E-state index contributed by atoms with van der Waals surface area (Å²) in [6.45, 7) is 7.36. The smallest absolute Gasteiger partial charge is 0.133 e. The molecule has 4 saturated carbocycles. The normalized spacial score (nSPS) is 53.7. The van der Waals surface area contributed by atoms with Crippen molar-refractivity contribution in [3.8, 4) is 0 Å². The highest BCUT2D eigenvalue weighted by Crippen LogP contribution is 2.67. The second-order valence-corrected chi connectivity index (χ2v) is 10.4. The van der Waals surface area contributed by atoms with Crippen LogP contribution in [0, 0.1) is 46.3 Å². The van der Waals surface area contributed by atoms with Gasteiger partial charge in [0.25, 0.3) is 0 Å². The number of Topliss-reactive ketones (excluding diaryl/α,β-unsaturated/α-hetero) is 1. The van der Waals surface area contributed by atoms with E-state index in [1.54, 1.807) is 0 Å². The van der Waals surface area contributed by atoms with Crippen molar-refractivity contribution >= 4 is 5.78 Å². The Morgan fingerprint density at radius 1 is 1.12 bits per heavy atom. The molecule has 0 radical (unpaired) electrons. The second-order valence-electron chi connectivity index (χ2n) is 10.4. The van der Waals surface area contributed by atoms with Crippen LogP contribution >= 0.6 is 0 Å². The van der Waals surface area contributed by atoms with Crippen molar-refractivity contribution in [1.82, 2.24) is 0 Å². The van der Waals surface area contributed by atoms with Crippen LogP contribution in [0.5, 0.6) is 0 Å². The summed E-state index contributed by atoms with van der Waals surface area (Å²) in [5.74, 6) is 3.33. The quantitative estimate of drug-likeness (QED) is 0.798. The lowest BCUT2D eigenvalue weighted by Gasteiger charge is -2.61. The minimum absolute atomic E-state index is 0.234. The molecule has 4 aliphatic carbocycles. The Morgan fingerprint density at radius 2 is 1.84 bits per heavy atom. The van der Waals surface area contributed by atoms with Gasteiger partial charge in [0, 0.05) is 19.4 Å². The van der Waals surface area contributed by atoms with Gasteiger partial charge < -0.3 is 10.2 Å². The van der Waals surface area contributed by atoms with Crippen molar-refractivity contribution in [3.63, 3.8) is 0 Å². The molecule has 0 saturated heterocycles. The third-order valence-corrected chi connectivity index (χ3v) is 9.55. The molecule has 4 fully saturated rings. The molecule has 3 heteroatoms. The van der Waals surface area contributed by atoms with Crippen LogP contribution in [-0.2, 0) is 4.79 Å². The summed E-state index contributed by atoms with van der Waals surface area (Å²) in [6, 6.07) is 0. The molecular weight excluding hydrogens is 312 g/mol. The molecule has 0 aromatic rings. The molecule has 0 bridgehead atoms. The van der Waals surface area contributed by atoms with Crippen molar-refractivity contribution < 1.29 is 15.0 Å². The van der Waals surface area contributed by atoms with E-state index in [4.69, 9.17) is 0 Å². The van der Waals surface area contributed by atoms with Crippen molar-refractivity contribution in [1.29, 1.82) is 0 Å². The maximum absolute atomic E-state index is 12.0. The van der Waals surface area contributed by atoms with Gasteiger partial charge in [-0.3, -0.25) is 4.79 Å². The molecule has 0 amide bonds. The average molecular weight is 349 g/mol. The van der Waals surface area contributed by atoms with E-state index in [9.17, 15) is 15.0 Å². The number of ketones is 1. The van der Waals surface area contributed by atoms with Crippen LogP contribution in [-0.4, -0.2) is 28.7 Å². The lowest BCUT2D eigenvalue weighted by molar-refractivity contribution is -0.169. The third-order valence-electron chi connectivity index (χ3n) is 9.55. The van der Waals surface area contributed by atoms with E-state index < -0.39 is 0 Å². The summed E-state index contributed by atoms with van der Waals surface area (Å²) in [4.78, 5) is 12.0. The van der Waals surface area contributed by atoms with Gasteiger partial charge in [-0.25, -0.2) is 0 Å². The Kier molecular flexibility index (Phi) is 4.35. The summed E-state index contributed by atoms with van der Waals surface area (Å²) >= 11 is 0. The maximum Gasteiger partial charge on any atom is 0.133 e. The van der Waals surface area contributed by atoms with Crippen LogP contribution in [0.15, 0.2) is 0 Å². The summed E-state index contributed by atoms with van der Waals surface area (Å²) in [5.41, 5.74) is 0.526. The Morgan fingerprint density at radius 3 is 2.56 bits per heavy atom. The molecule has 2 N–H and O–H groups in total. The van der Waals surface area contributed by atoms with E-state index in [1.807, 2.05) is 0 Å². The van der Waals surface area contributed by atoms with E-state index in [0.717, 1.165) is 19.3 Å². The first-order valence-electron chi connectivity index (χ1n) is 10.6. The van der Waals surface area contributed by atoms with Gasteiger partial charge in [0.2, 0.25) is 0 Å². The Hall–Kier alpha value is -0.410. The lowest BCUT2D eigenvalue weighted by Crippen LogP contribution is -2.58. The van der Waals surface area contributed by atoms with E-state index in [0.29, 0.717) is 47.7 Å². The van der Waals surface area contributed by atoms with Crippen molar-refractivity contribution in [3.05, 3.63) is 0 Å². The fourth-order valence-corrected chi connectivity index (χ4v) is 8.12. The van der Waals surface area contributed by atoms with E-state index >= 15 is 0 Å². The van der Waals surface area contributed by atoms with Gasteiger partial charge in [-0.15, -0.1) is 0 Å². The summed E-state index contributed by atoms with van der Waals surface area (Å²) in [5, 5.41) is 20.9. The minimum atomic E-state index is -0.234. The SMILES string of the molecule is C[C@H](CO)[C@H]1CC[C@H]2[C@@H]3[C@H](O)C[C@@H]4CC(=O)CC[C@]4(C)[C@H]3CC[C@]12C. The van der Waals surface area contributed by atoms with Crippen molar-refractivity contribution in [2.24, 2.45) is 46.3 Å². The predicted molar refractivity (Wildman–Crippen MR) is 97.9 cm³/mol. The van der Waals surface area contributed by atoms with Gasteiger partial charge in [0.05, 0.1) is 6.10 Å². The highest BCUT2D eigenvalue weighted by molar-refractivity contribution is 5.79. The molecule has 142 valence electrons. The summed E-state index contributed by atoms with van der Waals surface area (Å²) in [7, 11) is 0. The van der Waals surface area contributed by atoms with Gasteiger partial charge in [0.1, 0.15) is 5.78 Å². The zero-order chi connectivity index (χ0) is 18.0. The standard InChI is InChI=1S/C22H36O3/c1-13(12-23)16-4-5-17-20-18(7-9-22(16,17)3)21(2)8-6-15(24)10-14(21)11-19(20)25/h13-14,16-20,23,25H,4-12H2,1-3H3/t13-,14+,16-,17+,18+,19-,20+,21+,22-/m1/s1. The summed E-state index contributed by atoms with van der Waals surface area (Å²) < 4.78 is 0. The first kappa shape index (κ1) is 18.0. The number of rotatable bonds is 2. The van der Waals surface area contributed by atoms with E-state index in [1.165, 1.54) is 25.7 Å². The number of hydrogen-bond acceptors (Lipinski definition) is 3. The van der Waals surface area contributed by atoms with E-state index in [-0.39, 0.29) is 23.5 Å². The van der Waals surface area contributed by atoms with Crippen LogP contribution in [0.2, 0.25) is 0 Å². The topological polar surface area (TPSA) is 57.5 Å². The van der Waals surface area contributed by atoms with Crippen LogP contribution in [0.25, 0.3) is 0 Å².